The topological polar surface area (TPSA) is 70.1 Å². The Kier molecular flexibility index (Phi) is 4.83. The summed E-state index contributed by atoms with van der Waals surface area (Å²) in [6, 6.07) is 0. The molecule has 0 saturated carbocycles. The van der Waals surface area contributed by atoms with Gasteiger partial charge in [-0.1, -0.05) is 6.92 Å². The predicted octanol–water partition coefficient (Wildman–Crippen LogP) is 0.949. The number of nitrogens with zero attached hydrogens (tertiary/aromatic N) is 2. The van der Waals surface area contributed by atoms with Gasteiger partial charge in [-0.3, -0.25) is 4.98 Å². The molecule has 15 heavy (non-hydrogen) atoms. The van der Waals surface area contributed by atoms with Gasteiger partial charge < -0.3 is 15.7 Å². The second-order valence-electron chi connectivity index (χ2n) is 3.49. The molecule has 0 saturated heterocycles. The zero-order chi connectivity index (χ0) is 11.1. The Morgan fingerprint density at radius 1 is 1.33 bits per heavy atom. The molecule has 0 spiro atoms. The molecule has 84 valence electrons. The highest BCUT2D eigenvalue weighted by Gasteiger charge is 2.01. The van der Waals surface area contributed by atoms with Gasteiger partial charge in [0.1, 0.15) is 11.6 Å². The summed E-state index contributed by atoms with van der Waals surface area (Å²) in [5, 5.41) is 15.1. The Hall–Kier alpha value is -1.36. The Morgan fingerprint density at radius 3 is 2.60 bits per heavy atom. The van der Waals surface area contributed by atoms with Crippen LogP contribution < -0.4 is 10.6 Å². The van der Waals surface area contributed by atoms with Crippen molar-refractivity contribution in [2.45, 2.75) is 13.8 Å². The summed E-state index contributed by atoms with van der Waals surface area (Å²) in [4.78, 5) is 8.36. The lowest BCUT2D eigenvalue weighted by Crippen LogP contribution is -2.15. The van der Waals surface area contributed by atoms with Crippen LogP contribution in [0.2, 0.25) is 0 Å². The average molecular weight is 210 g/mol. The summed E-state index contributed by atoms with van der Waals surface area (Å²) in [6.45, 7) is 5.67. The fourth-order valence-electron chi connectivity index (χ4n) is 1.06. The number of aliphatic hydroxyl groups is 1. The monoisotopic (exact) mass is 210 g/mol. The van der Waals surface area contributed by atoms with Gasteiger partial charge in [-0.2, -0.15) is 0 Å². The quantitative estimate of drug-likeness (QED) is 0.652. The highest BCUT2D eigenvalue weighted by molar-refractivity contribution is 5.41. The van der Waals surface area contributed by atoms with Gasteiger partial charge in [-0.05, 0) is 12.8 Å². The highest BCUT2D eigenvalue weighted by atomic mass is 16.3. The third-order valence-electron chi connectivity index (χ3n) is 1.94. The number of hydrogen-bond donors (Lipinski definition) is 3. The summed E-state index contributed by atoms with van der Waals surface area (Å²) in [5.74, 6) is 1.71. The van der Waals surface area contributed by atoms with E-state index in [1.165, 1.54) is 0 Å². The van der Waals surface area contributed by atoms with E-state index in [2.05, 4.69) is 20.6 Å². The Bertz CT molecular complexity index is 293. The van der Waals surface area contributed by atoms with Crippen molar-refractivity contribution >= 4 is 11.6 Å². The average Bonchev–Trinajstić information content (AvgIpc) is 2.27. The molecule has 1 rings (SSSR count). The van der Waals surface area contributed by atoms with Crippen LogP contribution in [0, 0.1) is 5.92 Å². The molecule has 3 N–H and O–H groups in total. The first-order chi connectivity index (χ1) is 7.26. The molecule has 0 aromatic carbocycles. The maximum absolute atomic E-state index is 8.86. The van der Waals surface area contributed by atoms with Crippen LogP contribution in [0.5, 0.6) is 0 Å². The molecule has 1 aromatic heterocycles. The van der Waals surface area contributed by atoms with Crippen molar-refractivity contribution in [3.8, 4) is 0 Å². The SMILES string of the molecule is CCNc1cncc(NCC(C)CO)n1. The lowest BCUT2D eigenvalue weighted by Gasteiger charge is -2.10. The van der Waals surface area contributed by atoms with Crippen molar-refractivity contribution in [2.75, 3.05) is 30.3 Å². The lowest BCUT2D eigenvalue weighted by atomic mass is 10.2. The fourth-order valence-corrected chi connectivity index (χ4v) is 1.06. The zero-order valence-electron chi connectivity index (χ0n) is 9.20. The summed E-state index contributed by atoms with van der Waals surface area (Å²) in [5.41, 5.74) is 0. The van der Waals surface area contributed by atoms with E-state index in [0.29, 0.717) is 6.54 Å². The van der Waals surface area contributed by atoms with E-state index in [1.807, 2.05) is 13.8 Å². The molecule has 0 bridgehead atoms. The van der Waals surface area contributed by atoms with E-state index in [4.69, 9.17) is 5.11 Å². The van der Waals surface area contributed by atoms with E-state index >= 15 is 0 Å². The lowest BCUT2D eigenvalue weighted by molar-refractivity contribution is 0.244. The highest BCUT2D eigenvalue weighted by Crippen LogP contribution is 2.06. The molecule has 0 radical (unpaired) electrons. The maximum Gasteiger partial charge on any atom is 0.146 e. The second-order valence-corrected chi connectivity index (χ2v) is 3.49. The molecule has 0 aliphatic heterocycles. The molecule has 5 nitrogen and oxygen atoms in total. The molecule has 1 atom stereocenters. The molecular weight excluding hydrogens is 192 g/mol. The molecule has 0 aliphatic carbocycles. The van der Waals surface area contributed by atoms with Gasteiger partial charge >= 0.3 is 0 Å². The Morgan fingerprint density at radius 2 is 2.00 bits per heavy atom. The predicted molar refractivity (Wildman–Crippen MR) is 60.9 cm³/mol. The van der Waals surface area contributed by atoms with Crippen molar-refractivity contribution in [2.24, 2.45) is 5.92 Å². The van der Waals surface area contributed by atoms with Crippen molar-refractivity contribution in [3.05, 3.63) is 12.4 Å². The number of nitrogens with one attached hydrogen (secondary N) is 2. The smallest absolute Gasteiger partial charge is 0.146 e. The van der Waals surface area contributed by atoms with Gasteiger partial charge in [0.15, 0.2) is 0 Å². The molecule has 1 unspecified atom stereocenters. The van der Waals surface area contributed by atoms with Crippen molar-refractivity contribution < 1.29 is 5.11 Å². The van der Waals surface area contributed by atoms with Crippen LogP contribution in [0.3, 0.4) is 0 Å². The van der Waals surface area contributed by atoms with Crippen molar-refractivity contribution in [1.29, 1.82) is 0 Å². The summed E-state index contributed by atoms with van der Waals surface area (Å²) < 4.78 is 0. The first kappa shape index (κ1) is 11.7. The molecular formula is C10H18N4O. The first-order valence-electron chi connectivity index (χ1n) is 5.17. The molecule has 0 fully saturated rings. The van der Waals surface area contributed by atoms with Crippen LogP contribution in [0.1, 0.15) is 13.8 Å². The van der Waals surface area contributed by atoms with Crippen molar-refractivity contribution in [1.82, 2.24) is 9.97 Å². The van der Waals surface area contributed by atoms with Crippen LogP contribution in [-0.2, 0) is 0 Å². The standard InChI is InChI=1S/C10H18N4O/c1-3-12-9-5-11-6-10(14-9)13-4-8(2)7-15/h5-6,8,15H,3-4,7H2,1-2H3,(H2,12,13,14). The van der Waals surface area contributed by atoms with Gasteiger partial charge in [0.05, 0.1) is 12.4 Å². The van der Waals surface area contributed by atoms with Crippen LogP contribution in [0.4, 0.5) is 11.6 Å². The molecule has 0 aliphatic rings. The van der Waals surface area contributed by atoms with E-state index < -0.39 is 0 Å². The van der Waals surface area contributed by atoms with E-state index in [-0.39, 0.29) is 12.5 Å². The Balaban J connectivity index is 2.50. The minimum absolute atomic E-state index is 0.174. The fraction of sp³-hybridized carbons (Fsp3) is 0.600. The van der Waals surface area contributed by atoms with Gasteiger partial charge in [0.25, 0.3) is 0 Å². The first-order valence-corrected chi connectivity index (χ1v) is 5.17. The third kappa shape index (κ3) is 4.12. The van der Waals surface area contributed by atoms with Gasteiger partial charge in [0.2, 0.25) is 0 Å². The van der Waals surface area contributed by atoms with Crippen LogP contribution in [-0.4, -0.2) is 34.8 Å². The number of anilines is 2. The minimum Gasteiger partial charge on any atom is -0.396 e. The molecule has 0 amide bonds. The van der Waals surface area contributed by atoms with E-state index in [1.54, 1.807) is 12.4 Å². The minimum atomic E-state index is 0.174. The second kappa shape index (κ2) is 6.19. The van der Waals surface area contributed by atoms with Crippen LogP contribution >= 0.6 is 0 Å². The third-order valence-corrected chi connectivity index (χ3v) is 1.94. The molecule has 1 heterocycles. The van der Waals surface area contributed by atoms with Crippen LogP contribution in [0.25, 0.3) is 0 Å². The molecule has 1 aromatic rings. The normalized spacial score (nSPS) is 12.2. The molecule has 5 heteroatoms. The summed E-state index contributed by atoms with van der Waals surface area (Å²) in [7, 11) is 0. The summed E-state index contributed by atoms with van der Waals surface area (Å²) >= 11 is 0. The van der Waals surface area contributed by atoms with Gasteiger partial charge in [-0.15, -0.1) is 0 Å². The maximum atomic E-state index is 8.86. The number of hydrogen-bond acceptors (Lipinski definition) is 5. The Labute approximate surface area is 90.0 Å². The van der Waals surface area contributed by atoms with Gasteiger partial charge in [0, 0.05) is 19.7 Å². The van der Waals surface area contributed by atoms with E-state index in [9.17, 15) is 0 Å². The number of aromatic nitrogens is 2. The number of aliphatic hydroxyl groups excluding tert-OH is 1. The van der Waals surface area contributed by atoms with Gasteiger partial charge in [-0.25, -0.2) is 4.98 Å². The zero-order valence-corrected chi connectivity index (χ0v) is 9.20. The summed E-state index contributed by atoms with van der Waals surface area (Å²) in [6.07, 6.45) is 3.36. The largest absolute Gasteiger partial charge is 0.396 e. The van der Waals surface area contributed by atoms with Crippen molar-refractivity contribution in [3.63, 3.8) is 0 Å². The van der Waals surface area contributed by atoms with E-state index in [0.717, 1.165) is 18.2 Å². The van der Waals surface area contributed by atoms with Crippen LogP contribution in [0.15, 0.2) is 12.4 Å². The number of rotatable bonds is 6.